The second-order valence-electron chi connectivity index (χ2n) is 5.58. The molecular formula is C16H20N2O6. The predicted molar refractivity (Wildman–Crippen MR) is 86.1 cm³/mol. The van der Waals surface area contributed by atoms with Gasteiger partial charge in [-0.3, -0.25) is 14.4 Å². The summed E-state index contributed by atoms with van der Waals surface area (Å²) in [6.07, 6.45) is -0.0779. The number of carboxylic acids is 1. The third-order valence-corrected chi connectivity index (χ3v) is 3.12. The van der Waals surface area contributed by atoms with Crippen molar-refractivity contribution >= 4 is 29.2 Å². The van der Waals surface area contributed by atoms with Gasteiger partial charge in [0, 0.05) is 19.0 Å². The van der Waals surface area contributed by atoms with Crippen molar-refractivity contribution < 1.29 is 29.4 Å². The number of esters is 1. The van der Waals surface area contributed by atoms with Crippen molar-refractivity contribution in [3.05, 3.63) is 29.8 Å². The zero-order valence-electron chi connectivity index (χ0n) is 13.7. The summed E-state index contributed by atoms with van der Waals surface area (Å²) in [6, 6.07) is 6.32. The van der Waals surface area contributed by atoms with Crippen LogP contribution in [0.4, 0.5) is 5.69 Å². The lowest BCUT2D eigenvalue weighted by Gasteiger charge is -2.23. The highest BCUT2D eigenvalue weighted by Gasteiger charge is 2.31. The van der Waals surface area contributed by atoms with Crippen molar-refractivity contribution in [2.45, 2.75) is 39.2 Å². The molecule has 0 saturated carbocycles. The number of ether oxygens (including phenoxy) is 1. The molecule has 24 heavy (non-hydrogen) atoms. The molecule has 0 bridgehead atoms. The molecule has 0 aromatic heterocycles. The molecule has 3 N–H and O–H groups in total. The van der Waals surface area contributed by atoms with Crippen LogP contribution < -0.4 is 5.32 Å². The fourth-order valence-corrected chi connectivity index (χ4v) is 1.91. The van der Waals surface area contributed by atoms with E-state index in [4.69, 9.17) is 15.1 Å². The van der Waals surface area contributed by atoms with Gasteiger partial charge in [-0.2, -0.15) is 0 Å². The number of rotatable bonds is 7. The highest BCUT2D eigenvalue weighted by Crippen LogP contribution is 2.17. The number of hydrogen-bond acceptors (Lipinski definition) is 6. The first-order valence-corrected chi connectivity index (χ1v) is 7.20. The molecule has 0 atom stereocenters. The Balaban J connectivity index is 2.79. The third kappa shape index (κ3) is 5.71. The van der Waals surface area contributed by atoms with Gasteiger partial charge in [0.25, 0.3) is 5.91 Å². The zero-order chi connectivity index (χ0) is 18.3. The van der Waals surface area contributed by atoms with Gasteiger partial charge in [0.1, 0.15) is 0 Å². The normalized spacial score (nSPS) is 11.7. The van der Waals surface area contributed by atoms with Crippen LogP contribution in [0.15, 0.2) is 29.4 Å². The minimum atomic E-state index is -1.32. The summed E-state index contributed by atoms with van der Waals surface area (Å²) in [5.74, 6) is -2.05. The fourth-order valence-electron chi connectivity index (χ4n) is 1.91. The topological polar surface area (TPSA) is 125 Å². The van der Waals surface area contributed by atoms with Crippen LogP contribution in [0.1, 0.15) is 39.2 Å². The number of benzene rings is 1. The Morgan fingerprint density at radius 2 is 1.75 bits per heavy atom. The van der Waals surface area contributed by atoms with E-state index >= 15 is 0 Å². The number of nitrogens with zero attached hydrogens (tertiary/aromatic N) is 1. The fraction of sp³-hybridized carbons (Fsp3) is 0.375. The second-order valence-corrected chi connectivity index (χ2v) is 5.58. The van der Waals surface area contributed by atoms with E-state index in [0.29, 0.717) is 11.3 Å². The molecule has 0 spiro atoms. The van der Waals surface area contributed by atoms with Gasteiger partial charge in [-0.25, -0.2) is 0 Å². The maximum Gasteiger partial charge on any atom is 0.303 e. The van der Waals surface area contributed by atoms with Gasteiger partial charge in [-0.05, 0) is 31.5 Å². The van der Waals surface area contributed by atoms with Gasteiger partial charge < -0.3 is 20.4 Å². The standard InChI is InChI=1S/C16H20N2O6/c1-10(19)24-16(2,3)15(22)17-12-6-4-11(5-7-12)13(18-23)8-9-14(20)21/h4-7,23H,8-9H2,1-3H3,(H,17,22)(H,20,21). The minimum Gasteiger partial charge on any atom is -0.481 e. The number of oxime groups is 1. The van der Waals surface area contributed by atoms with E-state index in [2.05, 4.69) is 10.5 Å². The number of amides is 1. The van der Waals surface area contributed by atoms with Crippen molar-refractivity contribution in [2.24, 2.45) is 5.16 Å². The maximum atomic E-state index is 12.1. The van der Waals surface area contributed by atoms with Gasteiger partial charge >= 0.3 is 11.9 Å². The predicted octanol–water partition coefficient (Wildman–Crippen LogP) is 2.01. The van der Waals surface area contributed by atoms with E-state index < -0.39 is 23.4 Å². The largest absolute Gasteiger partial charge is 0.481 e. The van der Waals surface area contributed by atoms with E-state index in [0.717, 1.165) is 0 Å². The molecule has 0 unspecified atom stereocenters. The molecule has 8 nitrogen and oxygen atoms in total. The number of carbonyl (C=O) groups excluding carboxylic acids is 2. The van der Waals surface area contributed by atoms with Crippen molar-refractivity contribution in [2.75, 3.05) is 5.32 Å². The van der Waals surface area contributed by atoms with Crippen LogP contribution in [0.2, 0.25) is 0 Å². The quantitative estimate of drug-likeness (QED) is 0.303. The number of anilines is 1. The number of hydrogen-bond donors (Lipinski definition) is 3. The Labute approximate surface area is 139 Å². The summed E-state index contributed by atoms with van der Waals surface area (Å²) >= 11 is 0. The van der Waals surface area contributed by atoms with Crippen LogP contribution in [0.5, 0.6) is 0 Å². The van der Waals surface area contributed by atoms with Gasteiger partial charge in [-0.15, -0.1) is 0 Å². The van der Waals surface area contributed by atoms with Gasteiger partial charge in [-0.1, -0.05) is 17.3 Å². The molecular weight excluding hydrogens is 316 g/mol. The summed E-state index contributed by atoms with van der Waals surface area (Å²) in [6.45, 7) is 4.16. The summed E-state index contributed by atoms with van der Waals surface area (Å²) in [5, 5.41) is 23.4. The van der Waals surface area contributed by atoms with Crippen molar-refractivity contribution in [3.63, 3.8) is 0 Å². The molecule has 0 aliphatic carbocycles. The monoisotopic (exact) mass is 336 g/mol. The zero-order valence-corrected chi connectivity index (χ0v) is 13.7. The lowest BCUT2D eigenvalue weighted by Crippen LogP contribution is -2.41. The minimum absolute atomic E-state index is 0.0804. The average Bonchev–Trinajstić information content (AvgIpc) is 2.47. The molecule has 1 aromatic rings. The average molecular weight is 336 g/mol. The number of carbonyl (C=O) groups is 3. The molecule has 1 aromatic carbocycles. The Bertz CT molecular complexity index is 649. The van der Waals surface area contributed by atoms with Crippen LogP contribution in [0.25, 0.3) is 0 Å². The molecule has 0 aliphatic heterocycles. The Kier molecular flexibility index (Phi) is 6.46. The van der Waals surface area contributed by atoms with Gasteiger partial charge in [0.05, 0.1) is 12.1 Å². The Morgan fingerprint density at radius 3 is 2.21 bits per heavy atom. The van der Waals surface area contributed by atoms with E-state index in [9.17, 15) is 14.4 Å². The summed E-state index contributed by atoms with van der Waals surface area (Å²) in [7, 11) is 0. The van der Waals surface area contributed by atoms with Gasteiger partial charge in [0.15, 0.2) is 5.60 Å². The molecule has 0 fully saturated rings. The van der Waals surface area contributed by atoms with Crippen LogP contribution in [-0.2, 0) is 19.1 Å². The number of carboxylic acid groups (broad SMARTS) is 1. The van der Waals surface area contributed by atoms with Gasteiger partial charge in [0.2, 0.25) is 0 Å². The highest BCUT2D eigenvalue weighted by atomic mass is 16.6. The summed E-state index contributed by atoms with van der Waals surface area (Å²) in [4.78, 5) is 33.7. The first kappa shape index (κ1) is 19.1. The third-order valence-electron chi connectivity index (χ3n) is 3.12. The Morgan fingerprint density at radius 1 is 1.17 bits per heavy atom. The molecule has 0 aliphatic rings. The number of aliphatic carboxylic acids is 1. The summed E-state index contributed by atoms with van der Waals surface area (Å²) < 4.78 is 4.95. The molecule has 1 amide bonds. The second kappa shape index (κ2) is 8.09. The maximum absolute atomic E-state index is 12.1. The summed E-state index contributed by atoms with van der Waals surface area (Å²) in [5.41, 5.74) is -0.0880. The van der Waals surface area contributed by atoms with Crippen molar-refractivity contribution in [1.29, 1.82) is 0 Å². The van der Waals surface area contributed by atoms with Crippen molar-refractivity contribution in [1.82, 2.24) is 0 Å². The lowest BCUT2D eigenvalue weighted by atomic mass is 10.0. The smallest absolute Gasteiger partial charge is 0.303 e. The molecule has 0 radical (unpaired) electrons. The lowest BCUT2D eigenvalue weighted by molar-refractivity contribution is -0.160. The first-order chi connectivity index (χ1) is 11.2. The van der Waals surface area contributed by atoms with E-state index in [1.54, 1.807) is 24.3 Å². The van der Waals surface area contributed by atoms with E-state index in [-0.39, 0.29) is 18.6 Å². The molecule has 8 heteroatoms. The molecule has 130 valence electrons. The SMILES string of the molecule is CC(=O)OC(C)(C)C(=O)Nc1ccc(C(CCC(=O)O)=NO)cc1. The first-order valence-electron chi connectivity index (χ1n) is 7.20. The molecule has 1 rings (SSSR count). The van der Waals surface area contributed by atoms with Crippen LogP contribution in [0.3, 0.4) is 0 Å². The van der Waals surface area contributed by atoms with E-state index in [1.165, 1.54) is 20.8 Å². The molecule has 0 saturated heterocycles. The highest BCUT2D eigenvalue weighted by molar-refractivity contribution is 6.02. The Hall–Kier alpha value is -2.90. The molecule has 0 heterocycles. The van der Waals surface area contributed by atoms with Crippen LogP contribution in [-0.4, -0.2) is 39.5 Å². The number of nitrogens with one attached hydrogen (secondary N) is 1. The van der Waals surface area contributed by atoms with Crippen LogP contribution in [0, 0.1) is 0 Å². The van der Waals surface area contributed by atoms with Crippen LogP contribution >= 0.6 is 0 Å². The van der Waals surface area contributed by atoms with E-state index in [1.807, 2.05) is 0 Å². The van der Waals surface area contributed by atoms with Crippen molar-refractivity contribution in [3.8, 4) is 0 Å².